The minimum Gasteiger partial charge on any atom is -0.354 e. The fourth-order valence-corrected chi connectivity index (χ4v) is 1.99. The molecule has 20 heavy (non-hydrogen) atoms. The van der Waals surface area contributed by atoms with E-state index in [1.54, 1.807) is 5.38 Å². The quantitative estimate of drug-likeness (QED) is 0.684. The Morgan fingerprint density at radius 3 is 2.60 bits per heavy atom. The Kier molecular flexibility index (Phi) is 6.09. The van der Waals surface area contributed by atoms with Crippen molar-refractivity contribution in [2.24, 2.45) is 5.41 Å². The normalized spacial score (nSPS) is 11.2. The summed E-state index contributed by atoms with van der Waals surface area (Å²) in [5.41, 5.74) is 0.206. The van der Waals surface area contributed by atoms with Gasteiger partial charge in [0.1, 0.15) is 0 Å². The third-order valence-electron chi connectivity index (χ3n) is 2.49. The topological polar surface area (TPSA) is 83.1 Å². The molecule has 1 heterocycles. The first-order valence-electron chi connectivity index (χ1n) is 6.50. The first-order valence-corrected chi connectivity index (χ1v) is 7.38. The van der Waals surface area contributed by atoms with Gasteiger partial charge in [-0.1, -0.05) is 20.8 Å². The second kappa shape index (κ2) is 7.35. The summed E-state index contributed by atoms with van der Waals surface area (Å²) in [6.07, 6.45) is 0.228. The number of rotatable bonds is 6. The highest BCUT2D eigenvalue weighted by Gasteiger charge is 2.22. The molecule has 1 rings (SSSR count). The molecule has 7 heteroatoms. The fraction of sp³-hybridized carbons (Fsp3) is 0.615. The van der Waals surface area contributed by atoms with Crippen LogP contribution < -0.4 is 16.0 Å². The first kappa shape index (κ1) is 16.6. The summed E-state index contributed by atoms with van der Waals surface area (Å²) in [4.78, 5) is 27.7. The van der Waals surface area contributed by atoms with E-state index in [9.17, 15) is 9.59 Å². The number of carbonyl (C=O) groups is 2. The molecular formula is C13H22N4O2S. The fourth-order valence-electron chi connectivity index (χ4n) is 1.28. The lowest BCUT2D eigenvalue weighted by Crippen LogP contribution is -2.31. The lowest BCUT2D eigenvalue weighted by molar-refractivity contribution is -0.123. The average molecular weight is 298 g/mol. The van der Waals surface area contributed by atoms with Crippen molar-refractivity contribution in [3.05, 3.63) is 11.1 Å². The number of nitrogens with one attached hydrogen (secondary N) is 3. The summed E-state index contributed by atoms with van der Waals surface area (Å²) >= 11 is 1.33. The van der Waals surface area contributed by atoms with E-state index in [-0.39, 0.29) is 18.2 Å². The lowest BCUT2D eigenvalue weighted by Gasteiger charge is -2.15. The van der Waals surface area contributed by atoms with Gasteiger partial charge in [-0.3, -0.25) is 9.59 Å². The second-order valence-electron chi connectivity index (χ2n) is 5.48. The minimum atomic E-state index is -0.462. The molecule has 1 aromatic rings. The number of hydrogen-bond donors (Lipinski definition) is 3. The predicted molar refractivity (Wildman–Crippen MR) is 80.8 cm³/mol. The van der Waals surface area contributed by atoms with Crippen molar-refractivity contribution in [3.8, 4) is 0 Å². The van der Waals surface area contributed by atoms with Gasteiger partial charge in [-0.25, -0.2) is 4.98 Å². The van der Waals surface area contributed by atoms with Gasteiger partial charge in [-0.05, 0) is 7.05 Å². The smallest absolute Gasteiger partial charge is 0.231 e. The molecular weight excluding hydrogens is 276 g/mol. The van der Waals surface area contributed by atoms with Gasteiger partial charge in [0.15, 0.2) is 5.13 Å². The number of nitrogens with zero attached hydrogens (tertiary/aromatic N) is 1. The standard InChI is InChI=1S/C13H22N4O2S/c1-13(2,3)11(19)17-12-16-9(8-20-12)7-10(18)15-6-5-14-4/h8,14H,5-7H2,1-4H3,(H,15,18)(H,16,17,19). The van der Waals surface area contributed by atoms with Crippen LogP contribution in [0.5, 0.6) is 0 Å². The molecule has 0 unspecified atom stereocenters. The molecule has 1 aromatic heterocycles. The van der Waals surface area contributed by atoms with E-state index in [1.807, 2.05) is 27.8 Å². The largest absolute Gasteiger partial charge is 0.354 e. The van der Waals surface area contributed by atoms with Crippen molar-refractivity contribution in [2.75, 3.05) is 25.5 Å². The number of aromatic nitrogens is 1. The molecule has 0 saturated heterocycles. The highest BCUT2D eigenvalue weighted by atomic mass is 32.1. The van der Waals surface area contributed by atoms with Gasteiger partial charge in [-0.2, -0.15) is 0 Å². The summed E-state index contributed by atoms with van der Waals surface area (Å²) in [6, 6.07) is 0. The molecule has 0 aromatic carbocycles. The lowest BCUT2D eigenvalue weighted by atomic mass is 9.96. The third-order valence-corrected chi connectivity index (χ3v) is 3.30. The van der Waals surface area contributed by atoms with Crippen molar-refractivity contribution < 1.29 is 9.59 Å². The Balaban J connectivity index is 2.47. The number of likely N-dealkylation sites (N-methyl/N-ethyl adjacent to an activating group) is 1. The monoisotopic (exact) mass is 298 g/mol. The Labute approximate surface area is 123 Å². The van der Waals surface area contributed by atoms with Gasteiger partial charge >= 0.3 is 0 Å². The minimum absolute atomic E-state index is 0.0701. The van der Waals surface area contributed by atoms with Crippen molar-refractivity contribution in [1.82, 2.24) is 15.6 Å². The number of hydrogen-bond acceptors (Lipinski definition) is 5. The van der Waals surface area contributed by atoms with Crippen molar-refractivity contribution in [3.63, 3.8) is 0 Å². The summed E-state index contributed by atoms with van der Waals surface area (Å²) in [7, 11) is 1.83. The predicted octanol–water partition coefficient (Wildman–Crippen LogP) is 1.01. The Bertz CT molecular complexity index is 465. The van der Waals surface area contributed by atoms with Crippen molar-refractivity contribution >= 4 is 28.3 Å². The van der Waals surface area contributed by atoms with E-state index in [0.717, 1.165) is 6.54 Å². The van der Waals surface area contributed by atoms with E-state index >= 15 is 0 Å². The summed E-state index contributed by atoms with van der Waals surface area (Å²) in [5, 5.41) is 10.8. The number of anilines is 1. The zero-order valence-corrected chi connectivity index (χ0v) is 13.2. The molecule has 0 aliphatic rings. The number of carbonyl (C=O) groups excluding carboxylic acids is 2. The molecule has 2 amide bonds. The van der Waals surface area contributed by atoms with E-state index in [2.05, 4.69) is 20.9 Å². The maximum absolute atomic E-state index is 11.8. The van der Waals surface area contributed by atoms with Crippen LogP contribution >= 0.6 is 11.3 Å². The molecule has 0 atom stereocenters. The molecule has 0 spiro atoms. The van der Waals surface area contributed by atoms with Crippen LogP contribution in [0.15, 0.2) is 5.38 Å². The van der Waals surface area contributed by atoms with Crippen LogP contribution in [-0.4, -0.2) is 36.9 Å². The van der Waals surface area contributed by atoms with E-state index in [4.69, 9.17) is 0 Å². The maximum atomic E-state index is 11.8. The molecule has 0 aliphatic heterocycles. The zero-order valence-electron chi connectivity index (χ0n) is 12.4. The first-order chi connectivity index (χ1) is 9.32. The van der Waals surface area contributed by atoms with Gasteiger partial charge in [0, 0.05) is 23.9 Å². The van der Waals surface area contributed by atoms with Gasteiger partial charge in [-0.15, -0.1) is 11.3 Å². The molecule has 0 bridgehead atoms. The Morgan fingerprint density at radius 2 is 2.00 bits per heavy atom. The van der Waals surface area contributed by atoms with E-state index < -0.39 is 5.41 Å². The Hall–Kier alpha value is -1.47. The van der Waals surface area contributed by atoms with E-state index in [1.165, 1.54) is 11.3 Å². The van der Waals surface area contributed by atoms with Gasteiger partial charge < -0.3 is 16.0 Å². The van der Waals surface area contributed by atoms with Crippen LogP contribution in [0.2, 0.25) is 0 Å². The van der Waals surface area contributed by atoms with Crippen LogP contribution in [0.1, 0.15) is 26.5 Å². The van der Waals surface area contributed by atoms with Gasteiger partial charge in [0.25, 0.3) is 0 Å². The second-order valence-corrected chi connectivity index (χ2v) is 6.34. The summed E-state index contributed by atoms with van der Waals surface area (Å²) < 4.78 is 0. The highest BCUT2D eigenvalue weighted by Crippen LogP contribution is 2.20. The van der Waals surface area contributed by atoms with Crippen molar-refractivity contribution in [2.45, 2.75) is 27.2 Å². The van der Waals surface area contributed by atoms with Crippen molar-refractivity contribution in [1.29, 1.82) is 0 Å². The molecule has 0 saturated carbocycles. The number of amides is 2. The molecule has 0 fully saturated rings. The summed E-state index contributed by atoms with van der Waals surface area (Å²) in [6.45, 7) is 6.84. The summed E-state index contributed by atoms with van der Waals surface area (Å²) in [5.74, 6) is -0.156. The van der Waals surface area contributed by atoms with Gasteiger partial charge in [0.2, 0.25) is 11.8 Å². The zero-order chi connectivity index (χ0) is 15.2. The van der Waals surface area contributed by atoms with Crippen LogP contribution in [0.25, 0.3) is 0 Å². The van der Waals surface area contributed by atoms with Crippen LogP contribution in [-0.2, 0) is 16.0 Å². The molecule has 112 valence electrons. The maximum Gasteiger partial charge on any atom is 0.231 e. The molecule has 0 radical (unpaired) electrons. The SMILES string of the molecule is CNCCNC(=O)Cc1csc(NC(=O)C(C)(C)C)n1. The van der Waals surface area contributed by atoms with Crippen LogP contribution in [0.4, 0.5) is 5.13 Å². The highest BCUT2D eigenvalue weighted by molar-refractivity contribution is 7.13. The third kappa shape index (κ3) is 5.66. The van der Waals surface area contributed by atoms with E-state index in [0.29, 0.717) is 17.4 Å². The van der Waals surface area contributed by atoms with Crippen LogP contribution in [0.3, 0.4) is 0 Å². The Morgan fingerprint density at radius 1 is 1.30 bits per heavy atom. The molecule has 6 nitrogen and oxygen atoms in total. The van der Waals surface area contributed by atoms with Gasteiger partial charge in [0.05, 0.1) is 12.1 Å². The molecule has 0 aliphatic carbocycles. The van der Waals surface area contributed by atoms with Crippen LogP contribution in [0, 0.1) is 5.41 Å². The average Bonchev–Trinajstić information content (AvgIpc) is 2.75. The number of thiazole rings is 1. The molecule has 3 N–H and O–H groups in total.